The zero-order chi connectivity index (χ0) is 23.7. The highest BCUT2D eigenvalue weighted by Gasteiger charge is 2.34. The van der Waals surface area contributed by atoms with Gasteiger partial charge in [-0.2, -0.15) is 13.2 Å². The smallest absolute Gasteiger partial charge is 0.420 e. The van der Waals surface area contributed by atoms with Crippen molar-refractivity contribution in [1.82, 2.24) is 4.72 Å². The normalized spacial score (nSPS) is 13.1. The first-order valence-corrected chi connectivity index (χ1v) is 11.3. The summed E-state index contributed by atoms with van der Waals surface area (Å²) in [5.41, 5.74) is -2.19. The van der Waals surface area contributed by atoms with Crippen molar-refractivity contribution in [2.75, 3.05) is 4.31 Å². The highest BCUT2D eigenvalue weighted by Crippen LogP contribution is 2.35. The van der Waals surface area contributed by atoms with Gasteiger partial charge in [0.25, 0.3) is 0 Å². The van der Waals surface area contributed by atoms with Gasteiger partial charge in [-0.25, -0.2) is 18.1 Å². The molecule has 1 unspecified atom stereocenters. The van der Waals surface area contributed by atoms with E-state index in [1.165, 1.54) is 21.7 Å². The maximum atomic E-state index is 13.7. The van der Waals surface area contributed by atoms with Gasteiger partial charge in [0.1, 0.15) is 16.4 Å². The molecular weight excluding hydrogens is 468 g/mol. The Morgan fingerprint density at radius 1 is 1.12 bits per heavy atom. The van der Waals surface area contributed by atoms with Crippen LogP contribution in [0.1, 0.15) is 31.9 Å². The lowest BCUT2D eigenvalue weighted by molar-refractivity contribution is -0.140. The monoisotopic (exact) mass is 488 g/mol. The Morgan fingerprint density at radius 2 is 1.81 bits per heavy atom. The molecule has 2 aromatic carbocycles. The number of rotatable bonds is 5. The molecule has 1 atom stereocenters. The second-order valence-corrected chi connectivity index (χ2v) is 10.0. The number of nitrogens with zero attached hydrogens (tertiary/aromatic N) is 1. The molecule has 32 heavy (non-hydrogen) atoms. The number of ether oxygens (including phenoxy) is 1. The van der Waals surface area contributed by atoms with Gasteiger partial charge in [-0.15, -0.1) is 11.3 Å². The van der Waals surface area contributed by atoms with Gasteiger partial charge >= 0.3 is 12.3 Å². The first kappa shape index (κ1) is 24.0. The van der Waals surface area contributed by atoms with Crippen LogP contribution in [0.3, 0.4) is 0 Å². The molecule has 0 saturated carbocycles. The third kappa shape index (κ3) is 5.98. The quantitative estimate of drug-likeness (QED) is 0.437. The number of fused-ring (bicyclic) bond motifs is 1. The zero-order valence-electron chi connectivity index (χ0n) is 17.3. The molecular formula is C21H20F4N2O3S2. The Kier molecular flexibility index (Phi) is 6.80. The summed E-state index contributed by atoms with van der Waals surface area (Å²) in [5, 5.41) is 1.28. The van der Waals surface area contributed by atoms with E-state index < -0.39 is 40.4 Å². The third-order valence-electron chi connectivity index (χ3n) is 4.09. The Hall–Kier alpha value is -2.66. The molecule has 0 aliphatic rings. The standard InChI is InChI=1S/C21H20F4N2O3S2/c1-20(2,3)30-19(28)26-32(29)27(18-11-14-6-4-5-7-17(14)31-18)12-13-8-9-16(22)15(10-13)21(23,24)25/h4-11H,12H2,1-3H3,(H,26,28). The molecule has 1 N–H and O–H groups in total. The molecule has 0 radical (unpaired) electrons. The van der Waals surface area contributed by atoms with E-state index in [2.05, 4.69) is 4.72 Å². The first-order valence-electron chi connectivity index (χ1n) is 9.37. The Labute approximate surface area is 188 Å². The van der Waals surface area contributed by atoms with E-state index in [1.54, 1.807) is 26.8 Å². The molecule has 1 amide bonds. The predicted molar refractivity (Wildman–Crippen MR) is 117 cm³/mol. The van der Waals surface area contributed by atoms with Crippen molar-refractivity contribution in [2.24, 2.45) is 0 Å². The van der Waals surface area contributed by atoms with Gasteiger partial charge in [0.2, 0.25) is 11.2 Å². The van der Waals surface area contributed by atoms with Crippen LogP contribution in [0, 0.1) is 5.82 Å². The highest BCUT2D eigenvalue weighted by atomic mass is 32.2. The summed E-state index contributed by atoms with van der Waals surface area (Å²) in [6.45, 7) is 4.63. The first-order chi connectivity index (χ1) is 14.8. The number of carbonyl (C=O) groups is 1. The average molecular weight is 489 g/mol. The van der Waals surface area contributed by atoms with E-state index in [1.807, 2.05) is 24.3 Å². The molecule has 0 aliphatic heterocycles. The van der Waals surface area contributed by atoms with Gasteiger partial charge in [-0.1, -0.05) is 24.3 Å². The molecule has 0 saturated heterocycles. The van der Waals surface area contributed by atoms with E-state index in [9.17, 15) is 26.6 Å². The molecule has 3 aromatic rings. The van der Waals surface area contributed by atoms with Crippen LogP contribution in [-0.4, -0.2) is 15.9 Å². The highest BCUT2D eigenvalue weighted by molar-refractivity contribution is 7.85. The average Bonchev–Trinajstić information content (AvgIpc) is 3.08. The molecule has 0 spiro atoms. The summed E-state index contributed by atoms with van der Waals surface area (Å²) in [5.74, 6) is -1.40. The summed E-state index contributed by atoms with van der Waals surface area (Å²) in [4.78, 5) is 12.1. The van der Waals surface area contributed by atoms with E-state index >= 15 is 0 Å². The van der Waals surface area contributed by atoms with Crippen LogP contribution in [0.15, 0.2) is 48.5 Å². The summed E-state index contributed by atoms with van der Waals surface area (Å²) in [7, 11) is 0. The van der Waals surface area contributed by atoms with Crippen molar-refractivity contribution in [3.8, 4) is 0 Å². The maximum absolute atomic E-state index is 13.7. The lowest BCUT2D eigenvalue weighted by atomic mass is 10.1. The zero-order valence-corrected chi connectivity index (χ0v) is 19.0. The molecule has 0 bridgehead atoms. The van der Waals surface area contributed by atoms with E-state index in [0.29, 0.717) is 17.1 Å². The maximum Gasteiger partial charge on any atom is 0.420 e. The van der Waals surface area contributed by atoms with Crippen LogP contribution >= 0.6 is 11.3 Å². The van der Waals surface area contributed by atoms with E-state index in [0.717, 1.165) is 10.1 Å². The molecule has 0 aliphatic carbocycles. The van der Waals surface area contributed by atoms with Crippen LogP contribution < -0.4 is 9.03 Å². The van der Waals surface area contributed by atoms with Crippen molar-refractivity contribution in [3.63, 3.8) is 0 Å². The molecule has 0 fully saturated rings. The second kappa shape index (κ2) is 9.07. The van der Waals surface area contributed by atoms with Gasteiger partial charge in [0, 0.05) is 4.70 Å². The van der Waals surface area contributed by atoms with E-state index in [4.69, 9.17) is 4.74 Å². The van der Waals surface area contributed by atoms with Crippen LogP contribution in [0.5, 0.6) is 0 Å². The van der Waals surface area contributed by atoms with Crippen LogP contribution in [0.4, 0.5) is 27.4 Å². The molecule has 3 rings (SSSR count). The van der Waals surface area contributed by atoms with Gasteiger partial charge in [0.05, 0.1) is 12.1 Å². The summed E-state index contributed by atoms with van der Waals surface area (Å²) >= 11 is -0.939. The number of alkyl halides is 3. The van der Waals surface area contributed by atoms with Gasteiger partial charge < -0.3 is 4.74 Å². The minimum Gasteiger partial charge on any atom is -0.443 e. The number of nitrogens with one attached hydrogen (secondary N) is 1. The van der Waals surface area contributed by atoms with Crippen LogP contribution in [-0.2, 0) is 28.6 Å². The topological polar surface area (TPSA) is 58.6 Å². The number of hydrogen-bond acceptors (Lipinski definition) is 4. The third-order valence-corrected chi connectivity index (χ3v) is 6.41. The Morgan fingerprint density at radius 3 is 2.44 bits per heavy atom. The lowest BCUT2D eigenvalue weighted by Crippen LogP contribution is -2.40. The summed E-state index contributed by atoms with van der Waals surface area (Å²) in [6, 6.07) is 11.6. The molecule has 5 nitrogen and oxygen atoms in total. The second-order valence-electron chi connectivity index (χ2n) is 7.82. The number of anilines is 1. The van der Waals surface area contributed by atoms with Crippen molar-refractivity contribution in [2.45, 2.75) is 39.1 Å². The van der Waals surface area contributed by atoms with Gasteiger partial charge in [-0.05, 0) is 56.0 Å². The number of thiophene rings is 1. The largest absolute Gasteiger partial charge is 0.443 e. The fourth-order valence-electron chi connectivity index (χ4n) is 2.79. The minimum atomic E-state index is -4.88. The minimum absolute atomic E-state index is 0.0653. The molecule has 172 valence electrons. The number of carbonyl (C=O) groups excluding carboxylic acids is 1. The number of amides is 1. The van der Waals surface area contributed by atoms with Crippen LogP contribution in [0.2, 0.25) is 0 Å². The molecule has 11 heteroatoms. The predicted octanol–water partition coefficient (Wildman–Crippen LogP) is 6.17. The fourth-order valence-corrected chi connectivity index (χ4v) is 4.85. The van der Waals surface area contributed by atoms with Gasteiger partial charge in [-0.3, -0.25) is 4.31 Å². The van der Waals surface area contributed by atoms with Crippen LogP contribution in [0.25, 0.3) is 10.1 Å². The SMILES string of the molecule is CC(C)(C)OC(=O)NS(=O)N(Cc1ccc(F)c(C(F)(F)F)c1)c1cc2ccccc2s1. The summed E-state index contributed by atoms with van der Waals surface area (Å²) in [6.07, 6.45) is -5.83. The Balaban J connectivity index is 1.95. The summed E-state index contributed by atoms with van der Waals surface area (Å²) < 4.78 is 75.5. The van der Waals surface area contributed by atoms with Crippen molar-refractivity contribution >= 4 is 43.7 Å². The number of benzene rings is 2. The van der Waals surface area contributed by atoms with Crippen molar-refractivity contribution < 1.29 is 31.3 Å². The number of halogens is 4. The van der Waals surface area contributed by atoms with Gasteiger partial charge in [0.15, 0.2) is 0 Å². The molecule has 1 heterocycles. The van der Waals surface area contributed by atoms with Crippen molar-refractivity contribution in [3.05, 3.63) is 65.5 Å². The van der Waals surface area contributed by atoms with E-state index in [-0.39, 0.29) is 12.1 Å². The molecule has 1 aromatic heterocycles. The van der Waals surface area contributed by atoms with Crippen molar-refractivity contribution in [1.29, 1.82) is 0 Å². The Bertz CT molecular complexity index is 1120. The lowest BCUT2D eigenvalue weighted by Gasteiger charge is -2.24. The number of hydrogen-bond donors (Lipinski definition) is 1. The fraction of sp³-hybridized carbons (Fsp3) is 0.286.